The van der Waals surface area contributed by atoms with Gasteiger partial charge in [0.15, 0.2) is 0 Å². The topological polar surface area (TPSA) is 71.2 Å². The van der Waals surface area contributed by atoms with Crippen molar-refractivity contribution in [1.82, 2.24) is 14.5 Å². The number of carbonyl (C=O) groups is 1. The Morgan fingerprint density at radius 2 is 1.81 bits per heavy atom. The average molecular weight is 412 g/mol. The van der Waals surface area contributed by atoms with Crippen molar-refractivity contribution in [2.75, 3.05) is 11.4 Å². The van der Waals surface area contributed by atoms with E-state index in [9.17, 15) is 9.90 Å². The summed E-state index contributed by atoms with van der Waals surface area (Å²) in [5.74, 6) is 0.192. The molecule has 0 unspecified atom stereocenters. The van der Waals surface area contributed by atoms with E-state index in [2.05, 4.69) is 16.0 Å². The number of aliphatic hydroxyl groups is 1. The number of hydrogen-bond acceptors (Lipinski definition) is 4. The summed E-state index contributed by atoms with van der Waals surface area (Å²) < 4.78 is 1.99. The quantitative estimate of drug-likeness (QED) is 0.536. The van der Waals surface area contributed by atoms with Gasteiger partial charge in [-0.25, -0.2) is 4.98 Å². The van der Waals surface area contributed by atoms with Crippen molar-refractivity contribution >= 4 is 22.6 Å². The van der Waals surface area contributed by atoms with Crippen molar-refractivity contribution in [3.8, 4) is 22.3 Å². The lowest BCUT2D eigenvalue weighted by molar-refractivity contribution is -0.117. The molecular weight excluding hydrogens is 388 g/mol. The fourth-order valence-corrected chi connectivity index (χ4v) is 4.24. The highest BCUT2D eigenvalue weighted by atomic mass is 16.3. The average Bonchev–Trinajstić information content (AvgIpc) is 3.37. The van der Waals surface area contributed by atoms with E-state index < -0.39 is 6.10 Å². The van der Waals surface area contributed by atoms with Gasteiger partial charge in [-0.3, -0.25) is 9.78 Å². The number of aryl methyl sites for hydroxylation is 1. The highest BCUT2D eigenvalue weighted by Gasteiger charge is 2.21. The van der Waals surface area contributed by atoms with Crippen molar-refractivity contribution in [3.05, 3.63) is 66.7 Å². The van der Waals surface area contributed by atoms with Crippen LogP contribution < -0.4 is 4.90 Å². The molecule has 6 nitrogen and oxygen atoms in total. The summed E-state index contributed by atoms with van der Waals surface area (Å²) in [6.45, 7) is 2.53. The minimum atomic E-state index is -0.574. The van der Waals surface area contributed by atoms with E-state index in [0.29, 0.717) is 6.42 Å². The first-order chi connectivity index (χ1) is 15.0. The Kier molecular flexibility index (Phi) is 4.79. The molecule has 1 N–H and O–H groups in total. The smallest absolute Gasteiger partial charge is 0.227 e. The third kappa shape index (κ3) is 3.49. The molecule has 1 aliphatic rings. The largest absolute Gasteiger partial charge is 0.389 e. The number of hydrogen-bond donors (Lipinski definition) is 1. The number of anilines is 1. The molecule has 0 aliphatic carbocycles. The lowest BCUT2D eigenvalue weighted by Crippen LogP contribution is -2.23. The zero-order chi connectivity index (χ0) is 21.5. The molecule has 4 aromatic rings. The van der Waals surface area contributed by atoms with E-state index in [1.165, 1.54) is 0 Å². The van der Waals surface area contributed by atoms with Crippen LogP contribution in [0.1, 0.15) is 31.4 Å². The van der Waals surface area contributed by atoms with Crippen molar-refractivity contribution in [3.63, 3.8) is 0 Å². The number of benzene rings is 1. The number of fused-ring (bicyclic) bond motifs is 1. The standard InChI is InChI=1S/C25H24N4O2/c1-16(30)18-11-22-23(15-28(2)25(22)27-14-18)20-10-19(12-26-13-20)17-5-7-21(8-6-17)29-9-3-4-24(29)31/h5-8,10-16,30H,3-4,9H2,1-2H3/t16-/m1/s1. The Bertz CT molecular complexity index is 1270. The monoisotopic (exact) mass is 412 g/mol. The fraction of sp³-hybridized carbons (Fsp3) is 0.240. The Morgan fingerprint density at radius 3 is 2.52 bits per heavy atom. The first-order valence-corrected chi connectivity index (χ1v) is 10.5. The highest BCUT2D eigenvalue weighted by Crippen LogP contribution is 2.33. The summed E-state index contributed by atoms with van der Waals surface area (Å²) in [7, 11) is 1.97. The Labute approximate surface area is 180 Å². The summed E-state index contributed by atoms with van der Waals surface area (Å²) in [5, 5.41) is 11.0. The van der Waals surface area contributed by atoms with Crippen LogP contribution in [0.3, 0.4) is 0 Å². The third-order valence-electron chi connectivity index (χ3n) is 5.95. The van der Waals surface area contributed by atoms with Crippen LogP contribution in [0.4, 0.5) is 5.69 Å². The SMILES string of the molecule is C[C@@H](O)c1cnc2c(c1)c(-c1cncc(-c3ccc(N4CCCC4=O)cc3)c1)cn2C. The summed E-state index contributed by atoms with van der Waals surface area (Å²) >= 11 is 0. The van der Waals surface area contributed by atoms with Crippen molar-refractivity contribution in [2.24, 2.45) is 7.05 Å². The predicted molar refractivity (Wildman–Crippen MR) is 122 cm³/mol. The normalized spacial score (nSPS) is 15.1. The number of carbonyl (C=O) groups excluding carboxylic acids is 1. The summed E-state index contributed by atoms with van der Waals surface area (Å²) in [4.78, 5) is 22.9. The second-order valence-corrected chi connectivity index (χ2v) is 8.13. The zero-order valence-corrected chi connectivity index (χ0v) is 17.6. The lowest BCUT2D eigenvalue weighted by Gasteiger charge is -2.16. The molecular formula is C25H24N4O2. The van der Waals surface area contributed by atoms with E-state index in [-0.39, 0.29) is 5.91 Å². The molecule has 0 saturated carbocycles. The van der Waals surface area contributed by atoms with Gasteiger partial charge in [0.1, 0.15) is 5.65 Å². The molecule has 156 valence electrons. The van der Waals surface area contributed by atoms with E-state index in [1.54, 1.807) is 13.1 Å². The molecule has 1 amide bonds. The Morgan fingerprint density at radius 1 is 1.03 bits per heavy atom. The molecule has 0 bridgehead atoms. The van der Waals surface area contributed by atoms with Crippen molar-refractivity contribution in [1.29, 1.82) is 0 Å². The summed E-state index contributed by atoms with van der Waals surface area (Å²) in [6, 6.07) is 12.2. The maximum Gasteiger partial charge on any atom is 0.227 e. The van der Waals surface area contributed by atoms with Crippen LogP contribution in [0.5, 0.6) is 0 Å². The van der Waals surface area contributed by atoms with Gasteiger partial charge in [-0.15, -0.1) is 0 Å². The molecule has 5 rings (SSSR count). The second kappa shape index (κ2) is 7.63. The highest BCUT2D eigenvalue weighted by molar-refractivity contribution is 5.96. The molecule has 6 heteroatoms. The third-order valence-corrected chi connectivity index (χ3v) is 5.95. The van der Waals surface area contributed by atoms with Crippen LogP contribution in [0.15, 0.2) is 61.2 Å². The number of pyridine rings is 2. The van der Waals surface area contributed by atoms with Crippen molar-refractivity contribution < 1.29 is 9.90 Å². The molecule has 31 heavy (non-hydrogen) atoms. The van der Waals surface area contributed by atoms with Gasteiger partial charge in [-0.1, -0.05) is 12.1 Å². The number of nitrogens with zero attached hydrogens (tertiary/aromatic N) is 4. The van der Waals surface area contributed by atoms with E-state index in [0.717, 1.165) is 57.5 Å². The maximum absolute atomic E-state index is 12.0. The minimum absolute atomic E-state index is 0.192. The minimum Gasteiger partial charge on any atom is -0.389 e. The van der Waals surface area contributed by atoms with Gasteiger partial charge in [-0.2, -0.15) is 0 Å². The van der Waals surface area contributed by atoms with Crippen LogP contribution >= 0.6 is 0 Å². The Balaban J connectivity index is 1.52. The van der Waals surface area contributed by atoms with Gasteiger partial charge in [0.25, 0.3) is 0 Å². The van der Waals surface area contributed by atoms with E-state index in [4.69, 9.17) is 0 Å². The molecule has 0 spiro atoms. The van der Waals surface area contributed by atoms with E-state index >= 15 is 0 Å². The molecule has 1 aliphatic heterocycles. The van der Waals surface area contributed by atoms with Crippen LogP contribution in [0.25, 0.3) is 33.3 Å². The van der Waals surface area contributed by atoms with Gasteiger partial charge in [0, 0.05) is 72.6 Å². The van der Waals surface area contributed by atoms with Gasteiger partial charge in [0.2, 0.25) is 5.91 Å². The summed E-state index contributed by atoms with van der Waals surface area (Å²) in [6.07, 6.45) is 8.45. The number of aromatic nitrogens is 3. The zero-order valence-electron chi connectivity index (χ0n) is 17.6. The number of rotatable bonds is 4. The van der Waals surface area contributed by atoms with Gasteiger partial charge in [0.05, 0.1) is 6.10 Å². The Hall–Kier alpha value is -3.51. The molecule has 1 saturated heterocycles. The van der Waals surface area contributed by atoms with Gasteiger partial charge < -0.3 is 14.6 Å². The predicted octanol–water partition coefficient (Wildman–Crippen LogP) is 4.48. The van der Waals surface area contributed by atoms with E-state index in [1.807, 2.05) is 65.4 Å². The molecule has 1 atom stereocenters. The molecule has 1 aromatic carbocycles. The maximum atomic E-state index is 12.0. The molecule has 0 radical (unpaired) electrons. The first kappa shape index (κ1) is 19.5. The number of amides is 1. The van der Waals surface area contributed by atoms with Crippen LogP contribution in [0, 0.1) is 0 Å². The van der Waals surface area contributed by atoms with Crippen molar-refractivity contribution in [2.45, 2.75) is 25.9 Å². The molecule has 3 aromatic heterocycles. The van der Waals surface area contributed by atoms with Crippen LogP contribution in [-0.2, 0) is 11.8 Å². The van der Waals surface area contributed by atoms with Gasteiger partial charge in [-0.05, 0) is 48.7 Å². The lowest BCUT2D eigenvalue weighted by atomic mass is 10.0. The molecule has 4 heterocycles. The fourth-order valence-electron chi connectivity index (χ4n) is 4.24. The first-order valence-electron chi connectivity index (χ1n) is 10.5. The van der Waals surface area contributed by atoms with Crippen LogP contribution in [0.2, 0.25) is 0 Å². The second-order valence-electron chi connectivity index (χ2n) is 8.13. The summed E-state index contributed by atoms with van der Waals surface area (Å²) in [5.41, 5.74) is 6.68. The van der Waals surface area contributed by atoms with Crippen LogP contribution in [-0.4, -0.2) is 32.1 Å². The molecule has 1 fully saturated rings. The number of aliphatic hydroxyl groups excluding tert-OH is 1. The van der Waals surface area contributed by atoms with Gasteiger partial charge >= 0.3 is 0 Å².